The summed E-state index contributed by atoms with van der Waals surface area (Å²) in [6.07, 6.45) is 4.82. The minimum absolute atomic E-state index is 0.0964. The molecule has 7 heteroatoms. The number of nitrogens with zero attached hydrogens (tertiary/aromatic N) is 1. The van der Waals surface area contributed by atoms with E-state index < -0.39 is 25.0 Å². The van der Waals surface area contributed by atoms with Crippen molar-refractivity contribution in [1.82, 2.24) is 4.90 Å². The van der Waals surface area contributed by atoms with Crippen molar-refractivity contribution in [3.8, 4) is 0 Å². The lowest BCUT2D eigenvalue weighted by Crippen LogP contribution is -2.38. The molecular formula is C19H18N2O5. The summed E-state index contributed by atoms with van der Waals surface area (Å²) in [7, 11) is 0. The van der Waals surface area contributed by atoms with Gasteiger partial charge in [0.2, 0.25) is 11.8 Å². The molecule has 1 aliphatic heterocycles. The normalized spacial score (nSPS) is 28.4. The van der Waals surface area contributed by atoms with Crippen LogP contribution in [-0.4, -0.2) is 41.7 Å². The third-order valence-corrected chi connectivity index (χ3v) is 5.27. The van der Waals surface area contributed by atoms with E-state index in [2.05, 4.69) is 5.32 Å². The zero-order chi connectivity index (χ0) is 18.3. The quantitative estimate of drug-likeness (QED) is 0.483. The Kier molecular flexibility index (Phi) is 4.06. The van der Waals surface area contributed by atoms with Crippen LogP contribution in [0, 0.1) is 23.7 Å². The first kappa shape index (κ1) is 16.5. The Morgan fingerprint density at radius 2 is 1.65 bits per heavy atom. The molecule has 2 bridgehead atoms. The fraction of sp³-hybridized carbons (Fsp3) is 0.368. The van der Waals surface area contributed by atoms with E-state index in [0.29, 0.717) is 5.69 Å². The van der Waals surface area contributed by atoms with E-state index in [-0.39, 0.29) is 35.5 Å². The second kappa shape index (κ2) is 6.40. The molecule has 1 aromatic rings. The molecule has 1 N–H and O–H groups in total. The molecular weight excluding hydrogens is 336 g/mol. The van der Waals surface area contributed by atoms with Crippen molar-refractivity contribution >= 4 is 29.4 Å². The van der Waals surface area contributed by atoms with Crippen LogP contribution < -0.4 is 5.32 Å². The molecule has 0 radical (unpaired) electrons. The molecule has 134 valence electrons. The first-order valence-electron chi connectivity index (χ1n) is 8.58. The minimum atomic E-state index is -0.768. The van der Waals surface area contributed by atoms with Gasteiger partial charge < -0.3 is 10.1 Å². The molecule has 4 rings (SSSR count). The Labute approximate surface area is 150 Å². The number of para-hydroxylation sites is 1. The third kappa shape index (κ3) is 2.79. The number of carbonyl (C=O) groups is 4. The van der Waals surface area contributed by atoms with Crippen LogP contribution >= 0.6 is 0 Å². The highest BCUT2D eigenvalue weighted by atomic mass is 16.5. The second-order valence-corrected chi connectivity index (χ2v) is 6.84. The van der Waals surface area contributed by atoms with Crippen molar-refractivity contribution in [3.63, 3.8) is 0 Å². The van der Waals surface area contributed by atoms with E-state index in [0.717, 1.165) is 11.3 Å². The molecule has 1 saturated carbocycles. The number of carbonyl (C=O) groups excluding carboxylic acids is 4. The number of allylic oxidation sites excluding steroid dienone is 2. The maximum atomic E-state index is 12.5. The van der Waals surface area contributed by atoms with Gasteiger partial charge in [0.25, 0.3) is 5.91 Å². The fourth-order valence-electron chi connectivity index (χ4n) is 4.16. The van der Waals surface area contributed by atoms with Crippen molar-refractivity contribution in [2.45, 2.75) is 6.42 Å². The zero-order valence-electron chi connectivity index (χ0n) is 14.0. The van der Waals surface area contributed by atoms with Crippen molar-refractivity contribution in [2.24, 2.45) is 23.7 Å². The molecule has 1 heterocycles. The number of rotatable bonds is 5. The van der Waals surface area contributed by atoms with Crippen molar-refractivity contribution < 1.29 is 23.9 Å². The van der Waals surface area contributed by atoms with Crippen molar-refractivity contribution in [3.05, 3.63) is 42.5 Å². The summed E-state index contributed by atoms with van der Waals surface area (Å²) in [5, 5.41) is 2.59. The highest BCUT2D eigenvalue weighted by Crippen LogP contribution is 2.52. The first-order chi connectivity index (χ1) is 12.5. The second-order valence-electron chi connectivity index (χ2n) is 6.84. The number of benzene rings is 1. The Hall–Kier alpha value is -2.96. The Bertz CT molecular complexity index is 773. The topological polar surface area (TPSA) is 92.8 Å². The summed E-state index contributed by atoms with van der Waals surface area (Å²) < 4.78 is 4.91. The number of hydrogen-bond acceptors (Lipinski definition) is 5. The highest BCUT2D eigenvalue weighted by molar-refractivity contribution is 6.08. The summed E-state index contributed by atoms with van der Waals surface area (Å²) >= 11 is 0. The van der Waals surface area contributed by atoms with Gasteiger partial charge in [-0.05, 0) is 30.4 Å². The van der Waals surface area contributed by atoms with Gasteiger partial charge in [0.05, 0.1) is 11.8 Å². The van der Waals surface area contributed by atoms with E-state index in [1.54, 1.807) is 24.3 Å². The summed E-state index contributed by atoms with van der Waals surface area (Å²) in [5.74, 6) is -2.35. The third-order valence-electron chi connectivity index (χ3n) is 5.27. The van der Waals surface area contributed by atoms with Gasteiger partial charge in [0.15, 0.2) is 6.61 Å². The Morgan fingerprint density at radius 3 is 2.27 bits per heavy atom. The van der Waals surface area contributed by atoms with Gasteiger partial charge in [-0.15, -0.1) is 0 Å². The molecule has 26 heavy (non-hydrogen) atoms. The van der Waals surface area contributed by atoms with E-state index in [1.807, 2.05) is 18.2 Å². The van der Waals surface area contributed by atoms with E-state index in [1.165, 1.54) is 0 Å². The lowest BCUT2D eigenvalue weighted by atomic mass is 9.85. The van der Waals surface area contributed by atoms with Crippen LogP contribution in [0.2, 0.25) is 0 Å². The predicted octanol–water partition coefficient (Wildman–Crippen LogP) is 0.975. The number of ether oxygens (including phenoxy) is 1. The predicted molar refractivity (Wildman–Crippen MR) is 90.5 cm³/mol. The number of fused-ring (bicyclic) bond motifs is 5. The van der Waals surface area contributed by atoms with E-state index in [4.69, 9.17) is 4.74 Å². The molecule has 7 nitrogen and oxygen atoms in total. The van der Waals surface area contributed by atoms with Crippen LogP contribution in [-0.2, 0) is 23.9 Å². The van der Waals surface area contributed by atoms with Crippen molar-refractivity contribution in [1.29, 1.82) is 0 Å². The zero-order valence-corrected chi connectivity index (χ0v) is 14.0. The van der Waals surface area contributed by atoms with Crippen molar-refractivity contribution in [2.75, 3.05) is 18.5 Å². The minimum Gasteiger partial charge on any atom is -0.454 e. The van der Waals surface area contributed by atoms with Gasteiger partial charge in [0, 0.05) is 5.69 Å². The van der Waals surface area contributed by atoms with Crippen LogP contribution in [0.15, 0.2) is 42.5 Å². The average molecular weight is 354 g/mol. The van der Waals surface area contributed by atoms with Gasteiger partial charge in [-0.1, -0.05) is 30.4 Å². The number of amides is 3. The molecule has 0 aromatic heterocycles. The molecule has 3 amide bonds. The molecule has 1 aromatic carbocycles. The van der Waals surface area contributed by atoms with Gasteiger partial charge in [-0.25, -0.2) is 0 Å². The van der Waals surface area contributed by atoms with Gasteiger partial charge in [-0.3, -0.25) is 24.1 Å². The standard InChI is InChI=1S/C19H18N2O5/c22-14(20-13-4-2-1-3-5-13)10-26-15(23)9-21-18(24)16-11-6-7-12(8-11)17(16)19(21)25/h1-7,11-12,16-17H,8-10H2,(H,20,22)/t11-,12-,16+,17+/m1/s1. The molecule has 1 saturated heterocycles. The SMILES string of the molecule is O=C(COC(=O)CN1C(=O)[C@@H]2[C@@H](C1=O)[C@@H]1C=C[C@@H]2C1)Nc1ccccc1. The van der Waals surface area contributed by atoms with Gasteiger partial charge in [0.1, 0.15) is 6.54 Å². The molecule has 2 fully saturated rings. The van der Waals surface area contributed by atoms with Gasteiger partial charge >= 0.3 is 5.97 Å². The number of hydrogen-bond donors (Lipinski definition) is 1. The number of esters is 1. The van der Waals surface area contributed by atoms with Crippen LogP contribution in [0.4, 0.5) is 5.69 Å². The molecule has 0 unspecified atom stereocenters. The fourth-order valence-corrected chi connectivity index (χ4v) is 4.16. The van der Waals surface area contributed by atoms with Crippen LogP contribution in [0.25, 0.3) is 0 Å². The van der Waals surface area contributed by atoms with E-state index >= 15 is 0 Å². The van der Waals surface area contributed by atoms with Crippen LogP contribution in [0.5, 0.6) is 0 Å². The largest absolute Gasteiger partial charge is 0.454 e. The molecule has 0 spiro atoms. The number of likely N-dealkylation sites (tertiary alicyclic amines) is 1. The summed E-state index contributed by atoms with van der Waals surface area (Å²) in [6, 6.07) is 8.78. The number of anilines is 1. The molecule has 2 aliphatic carbocycles. The Morgan fingerprint density at radius 1 is 1.04 bits per heavy atom. The maximum absolute atomic E-state index is 12.5. The lowest BCUT2D eigenvalue weighted by Gasteiger charge is -2.16. The first-order valence-corrected chi connectivity index (χ1v) is 8.58. The highest BCUT2D eigenvalue weighted by Gasteiger charge is 2.59. The maximum Gasteiger partial charge on any atom is 0.326 e. The smallest absolute Gasteiger partial charge is 0.326 e. The van der Waals surface area contributed by atoms with Gasteiger partial charge in [-0.2, -0.15) is 0 Å². The molecule has 3 aliphatic rings. The Balaban J connectivity index is 1.29. The number of nitrogens with one attached hydrogen (secondary N) is 1. The molecule has 4 atom stereocenters. The van der Waals surface area contributed by atoms with Crippen LogP contribution in [0.1, 0.15) is 6.42 Å². The summed E-state index contributed by atoms with van der Waals surface area (Å²) in [4.78, 5) is 49.7. The lowest BCUT2D eigenvalue weighted by molar-refractivity contribution is -0.154. The monoisotopic (exact) mass is 354 g/mol. The van der Waals surface area contributed by atoms with E-state index in [9.17, 15) is 19.2 Å². The number of imide groups is 1. The average Bonchev–Trinajstić information content (AvgIpc) is 3.31. The van der Waals surface area contributed by atoms with Crippen LogP contribution in [0.3, 0.4) is 0 Å². The summed E-state index contributed by atoms with van der Waals surface area (Å²) in [5.41, 5.74) is 0.592. The summed E-state index contributed by atoms with van der Waals surface area (Å²) in [6.45, 7) is -0.910.